The fraction of sp³-hybridized carbons (Fsp3) is 0.417. The van der Waals surface area contributed by atoms with E-state index in [0.29, 0.717) is 15.6 Å². The molecular weight excluding hydrogens is 325 g/mol. The van der Waals surface area contributed by atoms with Crippen LogP contribution in [0.2, 0.25) is 10.0 Å². The Balaban J connectivity index is 2.94. The van der Waals surface area contributed by atoms with Crippen LogP contribution in [0.4, 0.5) is 0 Å². The molecule has 0 saturated carbocycles. The Bertz CT molecular complexity index is 433. The molecule has 0 aliphatic carbocycles. The van der Waals surface area contributed by atoms with Crippen molar-refractivity contribution in [3.8, 4) is 0 Å². The lowest BCUT2D eigenvalue weighted by Crippen LogP contribution is -2.48. The first-order valence-electron chi connectivity index (χ1n) is 5.15. The van der Waals surface area contributed by atoms with Crippen molar-refractivity contribution in [1.82, 2.24) is 5.32 Å². The molecule has 1 aromatic rings. The Labute approximate surface area is 120 Å². The minimum Gasteiger partial charge on any atom is -0.346 e. The lowest BCUT2D eigenvalue weighted by Gasteiger charge is -2.29. The molecule has 0 radical (unpaired) electrons. The first-order valence-corrected chi connectivity index (χ1v) is 6.83. The van der Waals surface area contributed by atoms with Crippen molar-refractivity contribution in [1.29, 1.82) is 0 Å². The summed E-state index contributed by atoms with van der Waals surface area (Å²) in [6.07, 6.45) is 0. The van der Waals surface area contributed by atoms with Crippen LogP contribution in [-0.4, -0.2) is 16.3 Å². The van der Waals surface area contributed by atoms with Gasteiger partial charge >= 0.3 is 0 Å². The van der Waals surface area contributed by atoms with Crippen LogP contribution >= 0.6 is 39.1 Å². The van der Waals surface area contributed by atoms with E-state index in [4.69, 9.17) is 23.2 Å². The number of nitrogens with one attached hydrogen (secondary N) is 1. The van der Waals surface area contributed by atoms with E-state index in [9.17, 15) is 4.79 Å². The summed E-state index contributed by atoms with van der Waals surface area (Å²) in [7, 11) is 0. The summed E-state index contributed by atoms with van der Waals surface area (Å²) in [6.45, 7) is 5.84. The maximum Gasteiger partial charge on any atom is 0.253 e. The van der Waals surface area contributed by atoms with E-state index in [0.717, 1.165) is 0 Å². The highest BCUT2D eigenvalue weighted by molar-refractivity contribution is 9.09. The Morgan fingerprint density at radius 1 is 1.41 bits per heavy atom. The highest BCUT2D eigenvalue weighted by Gasteiger charge is 2.26. The molecule has 17 heavy (non-hydrogen) atoms. The molecule has 5 heteroatoms. The second kappa shape index (κ2) is 5.59. The third-order valence-electron chi connectivity index (χ3n) is 2.60. The molecule has 0 bridgehead atoms. The molecule has 1 rings (SSSR count). The summed E-state index contributed by atoms with van der Waals surface area (Å²) in [5.41, 5.74) is 0.0170. The van der Waals surface area contributed by atoms with Crippen LogP contribution in [0, 0.1) is 0 Å². The third-order valence-corrected chi connectivity index (χ3v) is 4.31. The van der Waals surface area contributed by atoms with Crippen LogP contribution in [-0.2, 0) is 0 Å². The van der Waals surface area contributed by atoms with Crippen molar-refractivity contribution in [3.05, 3.63) is 33.8 Å². The van der Waals surface area contributed by atoms with Crippen molar-refractivity contribution in [2.24, 2.45) is 0 Å². The predicted octanol–water partition coefficient (Wildman–Crippen LogP) is 4.29. The molecule has 1 aromatic carbocycles. The summed E-state index contributed by atoms with van der Waals surface area (Å²) < 4.78 is 0. The number of hydrogen-bond acceptors (Lipinski definition) is 1. The van der Waals surface area contributed by atoms with Crippen molar-refractivity contribution in [2.75, 3.05) is 0 Å². The summed E-state index contributed by atoms with van der Waals surface area (Å²) >= 11 is 15.3. The zero-order valence-electron chi connectivity index (χ0n) is 9.85. The molecule has 0 saturated heterocycles. The Kier molecular flexibility index (Phi) is 4.87. The molecule has 0 heterocycles. The fourth-order valence-electron chi connectivity index (χ4n) is 1.13. The third kappa shape index (κ3) is 3.87. The number of amides is 1. The van der Waals surface area contributed by atoms with Crippen molar-refractivity contribution in [3.63, 3.8) is 0 Å². The van der Waals surface area contributed by atoms with Gasteiger partial charge in [0.2, 0.25) is 0 Å². The van der Waals surface area contributed by atoms with Crippen molar-refractivity contribution in [2.45, 2.75) is 31.1 Å². The summed E-state index contributed by atoms with van der Waals surface area (Å²) in [6, 6.07) is 4.83. The highest BCUT2D eigenvalue weighted by Crippen LogP contribution is 2.23. The van der Waals surface area contributed by atoms with Gasteiger partial charge in [0.15, 0.2) is 0 Å². The van der Waals surface area contributed by atoms with Crippen molar-refractivity contribution >= 4 is 45.0 Å². The minimum absolute atomic E-state index is 0.136. The number of alkyl halides is 1. The van der Waals surface area contributed by atoms with E-state index >= 15 is 0 Å². The van der Waals surface area contributed by atoms with Gasteiger partial charge in [-0.15, -0.1) is 0 Å². The number of benzene rings is 1. The second-order valence-corrected chi connectivity index (χ2v) is 6.63. The number of rotatable bonds is 3. The van der Waals surface area contributed by atoms with E-state index in [1.807, 2.05) is 20.8 Å². The van der Waals surface area contributed by atoms with Gasteiger partial charge in [-0.05, 0) is 32.0 Å². The van der Waals surface area contributed by atoms with Gasteiger partial charge < -0.3 is 5.32 Å². The maximum atomic E-state index is 12.1. The monoisotopic (exact) mass is 337 g/mol. The first kappa shape index (κ1) is 14.8. The van der Waals surface area contributed by atoms with Crippen LogP contribution < -0.4 is 5.32 Å². The molecule has 0 aliphatic rings. The molecule has 1 unspecified atom stereocenters. The van der Waals surface area contributed by atoms with E-state index < -0.39 is 0 Å². The Hall–Kier alpha value is -0.250. The van der Waals surface area contributed by atoms with Gasteiger partial charge in [-0.1, -0.05) is 46.1 Å². The van der Waals surface area contributed by atoms with Gasteiger partial charge in [0.05, 0.1) is 10.6 Å². The summed E-state index contributed by atoms with van der Waals surface area (Å²) in [5, 5.41) is 3.79. The number of carbonyl (C=O) groups excluding carboxylic acids is 1. The van der Waals surface area contributed by atoms with E-state index in [2.05, 4.69) is 21.2 Å². The maximum absolute atomic E-state index is 12.1. The van der Waals surface area contributed by atoms with Crippen LogP contribution in [0.1, 0.15) is 31.1 Å². The number of carbonyl (C=O) groups is 1. The molecule has 0 aromatic heterocycles. The van der Waals surface area contributed by atoms with E-state index in [-0.39, 0.29) is 16.3 Å². The standard InChI is InChI=1S/C12H14BrCl2NO/c1-7(13)12(2,3)16-11(17)9-6-8(14)4-5-10(9)15/h4-7H,1-3H3,(H,16,17). The van der Waals surface area contributed by atoms with Crippen LogP contribution in [0.5, 0.6) is 0 Å². The average molecular weight is 339 g/mol. The Morgan fingerprint density at radius 3 is 2.53 bits per heavy atom. The van der Waals surface area contributed by atoms with Gasteiger partial charge in [-0.3, -0.25) is 4.79 Å². The molecule has 2 nitrogen and oxygen atoms in total. The molecule has 0 fully saturated rings. The van der Waals surface area contributed by atoms with Crippen molar-refractivity contribution < 1.29 is 4.79 Å². The molecule has 1 atom stereocenters. The van der Waals surface area contributed by atoms with E-state index in [1.54, 1.807) is 18.2 Å². The second-order valence-electron chi connectivity index (χ2n) is 4.42. The topological polar surface area (TPSA) is 29.1 Å². The minimum atomic E-state index is -0.372. The molecule has 94 valence electrons. The van der Waals surface area contributed by atoms with Gasteiger partial charge in [0.1, 0.15) is 0 Å². The van der Waals surface area contributed by atoms with Gasteiger partial charge in [0.25, 0.3) is 5.91 Å². The summed E-state index contributed by atoms with van der Waals surface area (Å²) in [5.74, 6) is -0.228. The first-order chi connectivity index (χ1) is 7.74. The molecule has 1 N–H and O–H groups in total. The van der Waals surface area contributed by atoms with E-state index in [1.165, 1.54) is 0 Å². The van der Waals surface area contributed by atoms with Gasteiger partial charge in [-0.25, -0.2) is 0 Å². The van der Waals surface area contributed by atoms with Crippen LogP contribution in [0.25, 0.3) is 0 Å². The zero-order chi connectivity index (χ0) is 13.2. The van der Waals surface area contributed by atoms with Gasteiger partial charge in [0, 0.05) is 15.4 Å². The molecule has 1 amide bonds. The van der Waals surface area contributed by atoms with Crippen LogP contribution in [0.15, 0.2) is 18.2 Å². The quantitative estimate of drug-likeness (QED) is 0.818. The molecular formula is C12H14BrCl2NO. The molecule has 0 spiro atoms. The predicted molar refractivity (Wildman–Crippen MR) is 76.4 cm³/mol. The van der Waals surface area contributed by atoms with Crippen LogP contribution in [0.3, 0.4) is 0 Å². The smallest absolute Gasteiger partial charge is 0.253 e. The Morgan fingerprint density at radius 2 is 2.00 bits per heavy atom. The lowest BCUT2D eigenvalue weighted by molar-refractivity contribution is 0.0914. The average Bonchev–Trinajstić information content (AvgIpc) is 2.20. The number of hydrogen-bond donors (Lipinski definition) is 1. The SMILES string of the molecule is CC(Br)C(C)(C)NC(=O)c1cc(Cl)ccc1Cl. The zero-order valence-corrected chi connectivity index (χ0v) is 12.9. The highest BCUT2D eigenvalue weighted by atomic mass is 79.9. The summed E-state index contributed by atoms with van der Waals surface area (Å²) in [4.78, 5) is 12.2. The molecule has 0 aliphatic heterocycles. The largest absolute Gasteiger partial charge is 0.346 e. The number of halogens is 3. The lowest BCUT2D eigenvalue weighted by atomic mass is 10.0. The fourth-order valence-corrected chi connectivity index (χ4v) is 1.62. The van der Waals surface area contributed by atoms with Gasteiger partial charge in [-0.2, -0.15) is 0 Å². The normalized spacial score (nSPS) is 13.3.